The predicted octanol–water partition coefficient (Wildman–Crippen LogP) is -0.515. The summed E-state index contributed by atoms with van der Waals surface area (Å²) in [5.41, 5.74) is 0.0375. The molecule has 136 valence electrons. The molecule has 2 rings (SSSR count). The average molecular weight is 391 g/mol. The van der Waals surface area contributed by atoms with Crippen LogP contribution in [0, 0.1) is 0 Å². The Hall–Kier alpha value is -2.07. The van der Waals surface area contributed by atoms with Gasteiger partial charge in [0.2, 0.25) is 5.91 Å². The molecule has 0 radical (unpaired) electrons. The zero-order valence-electron chi connectivity index (χ0n) is 13.3. The minimum atomic E-state index is -1.41. The molecule has 0 aromatic heterocycles. The Morgan fingerprint density at radius 2 is 2.04 bits per heavy atom. The van der Waals surface area contributed by atoms with Gasteiger partial charge in [0.1, 0.15) is 23.7 Å². The minimum absolute atomic E-state index is 0.215. The van der Waals surface area contributed by atoms with Crippen molar-refractivity contribution in [2.75, 3.05) is 12.4 Å². The Morgan fingerprint density at radius 3 is 2.56 bits per heavy atom. The molecule has 9 nitrogen and oxygen atoms in total. The second-order valence-corrected chi connectivity index (χ2v) is 6.95. The molecule has 2 heterocycles. The maximum Gasteiger partial charge on any atom is 0.352 e. The monoisotopic (exact) mass is 390 g/mol. The Labute approximate surface area is 151 Å². The van der Waals surface area contributed by atoms with Crippen LogP contribution in [0.25, 0.3) is 0 Å². The summed E-state index contributed by atoms with van der Waals surface area (Å²) in [6.07, 6.45) is 0. The summed E-state index contributed by atoms with van der Waals surface area (Å²) < 4.78 is 4.82. The SMILES string of the molecule is CC(=O)OCC1=C(C(=O)O)N2C(=O)[C@@H](NC(=O)C(Cl)C(C)=O)[C@H]2SC1. The number of carboxylic acid groups (broad SMARTS) is 1. The summed E-state index contributed by atoms with van der Waals surface area (Å²) in [5.74, 6) is -3.68. The van der Waals surface area contributed by atoms with Crippen molar-refractivity contribution in [3.05, 3.63) is 11.3 Å². The van der Waals surface area contributed by atoms with Gasteiger partial charge in [0, 0.05) is 18.2 Å². The van der Waals surface area contributed by atoms with Gasteiger partial charge in [-0.1, -0.05) is 0 Å². The van der Waals surface area contributed by atoms with Gasteiger partial charge in [-0.05, 0) is 6.92 Å². The van der Waals surface area contributed by atoms with Gasteiger partial charge < -0.3 is 15.2 Å². The first-order chi connectivity index (χ1) is 11.6. The van der Waals surface area contributed by atoms with E-state index in [1.165, 1.54) is 18.7 Å². The molecule has 2 aliphatic rings. The van der Waals surface area contributed by atoms with Crippen molar-refractivity contribution < 1.29 is 33.8 Å². The number of esters is 1. The van der Waals surface area contributed by atoms with Crippen LogP contribution in [-0.2, 0) is 28.7 Å². The lowest BCUT2D eigenvalue weighted by Gasteiger charge is -2.49. The van der Waals surface area contributed by atoms with E-state index in [1.807, 2.05) is 0 Å². The van der Waals surface area contributed by atoms with E-state index in [0.29, 0.717) is 5.57 Å². The molecule has 0 bridgehead atoms. The van der Waals surface area contributed by atoms with Crippen LogP contribution < -0.4 is 5.32 Å². The van der Waals surface area contributed by atoms with E-state index in [2.05, 4.69) is 5.32 Å². The molecule has 1 unspecified atom stereocenters. The second kappa shape index (κ2) is 7.44. The molecule has 25 heavy (non-hydrogen) atoms. The van der Waals surface area contributed by atoms with Gasteiger partial charge in [-0.15, -0.1) is 23.4 Å². The molecule has 0 aliphatic carbocycles. The van der Waals surface area contributed by atoms with Gasteiger partial charge in [0.05, 0.1) is 0 Å². The molecular formula is C14H15ClN2O7S. The fourth-order valence-electron chi connectivity index (χ4n) is 2.39. The van der Waals surface area contributed by atoms with E-state index in [4.69, 9.17) is 16.3 Å². The van der Waals surface area contributed by atoms with Gasteiger partial charge in [-0.2, -0.15) is 0 Å². The number of thioether (sulfide) groups is 1. The maximum atomic E-state index is 12.3. The first kappa shape index (κ1) is 19.3. The predicted molar refractivity (Wildman–Crippen MR) is 86.6 cm³/mol. The minimum Gasteiger partial charge on any atom is -0.477 e. The van der Waals surface area contributed by atoms with Crippen molar-refractivity contribution in [2.24, 2.45) is 0 Å². The number of β-lactam (4-membered cyclic amide) rings is 1. The molecule has 0 spiro atoms. The number of ketones is 1. The van der Waals surface area contributed by atoms with Crippen LogP contribution in [0.5, 0.6) is 0 Å². The number of carbonyl (C=O) groups excluding carboxylic acids is 4. The van der Waals surface area contributed by atoms with Crippen LogP contribution in [0.4, 0.5) is 0 Å². The van der Waals surface area contributed by atoms with E-state index in [9.17, 15) is 29.1 Å². The Kier molecular flexibility index (Phi) is 5.73. The first-order valence-corrected chi connectivity index (χ1v) is 8.62. The summed E-state index contributed by atoms with van der Waals surface area (Å²) in [6.45, 7) is 2.11. The summed E-state index contributed by atoms with van der Waals surface area (Å²) >= 11 is 6.86. The quantitative estimate of drug-likeness (QED) is 0.268. The lowest BCUT2D eigenvalue weighted by molar-refractivity contribution is -0.151. The number of carbonyl (C=O) groups is 5. The number of amides is 2. The van der Waals surface area contributed by atoms with Crippen LogP contribution in [0.15, 0.2) is 11.3 Å². The highest BCUT2D eigenvalue weighted by Gasteiger charge is 2.54. The Morgan fingerprint density at radius 1 is 1.40 bits per heavy atom. The lowest BCUT2D eigenvalue weighted by Crippen LogP contribution is -2.71. The molecular weight excluding hydrogens is 376 g/mol. The van der Waals surface area contributed by atoms with Gasteiger partial charge in [0.15, 0.2) is 11.2 Å². The second-order valence-electron chi connectivity index (χ2n) is 5.41. The number of halogens is 1. The highest BCUT2D eigenvalue weighted by atomic mass is 35.5. The molecule has 3 atom stereocenters. The zero-order valence-corrected chi connectivity index (χ0v) is 14.8. The number of hydrogen-bond acceptors (Lipinski definition) is 7. The normalized spacial score (nSPS) is 23.3. The molecule has 11 heteroatoms. The molecule has 2 amide bonds. The van der Waals surface area contributed by atoms with Crippen molar-refractivity contribution in [3.8, 4) is 0 Å². The van der Waals surface area contributed by atoms with Crippen molar-refractivity contribution in [1.82, 2.24) is 10.2 Å². The molecule has 1 saturated heterocycles. The lowest BCUT2D eigenvalue weighted by atomic mass is 10.0. The standard InChI is InChI=1S/C14H15ClN2O7S/c1-5(18)8(15)11(20)16-9-12(21)17-10(14(22)23)7(3-24-6(2)19)4-25-13(9)17/h8-9,13H,3-4H2,1-2H3,(H,16,20)(H,22,23)/t8?,9-,13-/m1/s1. The third kappa shape index (κ3) is 3.79. The molecule has 2 aliphatic heterocycles. The Balaban J connectivity index is 2.16. The number of fused-ring (bicyclic) bond motifs is 1. The van der Waals surface area contributed by atoms with Crippen molar-refractivity contribution >= 4 is 52.9 Å². The fraction of sp³-hybridized carbons (Fsp3) is 0.500. The van der Waals surface area contributed by atoms with Crippen LogP contribution in [0.2, 0.25) is 0 Å². The molecule has 2 N–H and O–H groups in total. The molecule has 1 fully saturated rings. The highest BCUT2D eigenvalue weighted by Crippen LogP contribution is 2.40. The zero-order chi connectivity index (χ0) is 18.9. The summed E-state index contributed by atoms with van der Waals surface area (Å²) in [7, 11) is 0. The Bertz CT molecular complexity index is 693. The van der Waals surface area contributed by atoms with Crippen LogP contribution in [-0.4, -0.2) is 68.7 Å². The van der Waals surface area contributed by atoms with E-state index in [-0.39, 0.29) is 18.1 Å². The topological polar surface area (TPSA) is 130 Å². The number of aliphatic carboxylic acids is 1. The van der Waals surface area contributed by atoms with Gasteiger partial charge in [0.25, 0.3) is 5.91 Å². The van der Waals surface area contributed by atoms with Crippen molar-refractivity contribution in [3.63, 3.8) is 0 Å². The largest absolute Gasteiger partial charge is 0.477 e. The number of nitrogens with one attached hydrogen (secondary N) is 1. The average Bonchev–Trinajstić information content (AvgIpc) is 2.55. The van der Waals surface area contributed by atoms with Gasteiger partial charge in [-0.25, -0.2) is 4.79 Å². The van der Waals surface area contributed by atoms with Gasteiger partial charge >= 0.3 is 11.9 Å². The van der Waals surface area contributed by atoms with Crippen LogP contribution in [0.3, 0.4) is 0 Å². The van der Waals surface area contributed by atoms with Crippen LogP contribution >= 0.6 is 23.4 Å². The number of alkyl halides is 1. The maximum absolute atomic E-state index is 12.3. The number of ether oxygens (including phenoxy) is 1. The summed E-state index contributed by atoms with van der Waals surface area (Å²) in [4.78, 5) is 58.7. The van der Waals surface area contributed by atoms with Crippen molar-refractivity contribution in [2.45, 2.75) is 30.6 Å². The third-order valence-corrected chi connectivity index (χ3v) is 5.43. The molecule has 0 aromatic rings. The van der Waals surface area contributed by atoms with Crippen LogP contribution in [0.1, 0.15) is 13.8 Å². The number of hydrogen-bond donors (Lipinski definition) is 2. The van der Waals surface area contributed by atoms with Gasteiger partial charge in [-0.3, -0.25) is 24.1 Å². The molecule has 0 saturated carbocycles. The first-order valence-electron chi connectivity index (χ1n) is 7.13. The third-order valence-electron chi connectivity index (χ3n) is 3.58. The smallest absolute Gasteiger partial charge is 0.352 e. The van der Waals surface area contributed by atoms with E-state index < -0.39 is 46.3 Å². The highest BCUT2D eigenvalue weighted by molar-refractivity contribution is 8.00. The number of Topliss-reactive ketones (excluding diaryl/α,β-unsaturated/α-hetero) is 1. The molecule has 0 aromatic carbocycles. The number of rotatable bonds is 6. The van der Waals surface area contributed by atoms with E-state index in [1.54, 1.807) is 0 Å². The summed E-state index contributed by atoms with van der Waals surface area (Å²) in [6, 6.07) is -0.970. The number of carboxylic acids is 1. The number of nitrogens with zero attached hydrogens (tertiary/aromatic N) is 1. The summed E-state index contributed by atoms with van der Waals surface area (Å²) in [5, 5.41) is 9.72. The van der Waals surface area contributed by atoms with Crippen molar-refractivity contribution in [1.29, 1.82) is 0 Å². The fourth-order valence-corrected chi connectivity index (χ4v) is 3.78. The van der Waals surface area contributed by atoms with E-state index >= 15 is 0 Å². The van der Waals surface area contributed by atoms with E-state index in [0.717, 1.165) is 11.8 Å².